The summed E-state index contributed by atoms with van der Waals surface area (Å²) in [4.78, 5) is 22.4. The van der Waals surface area contributed by atoms with Crippen molar-refractivity contribution in [3.8, 4) is 0 Å². The summed E-state index contributed by atoms with van der Waals surface area (Å²) >= 11 is 0. The number of ether oxygens (including phenoxy) is 1. The van der Waals surface area contributed by atoms with Crippen LogP contribution in [0.15, 0.2) is 24.3 Å². The Balaban J connectivity index is 1.43. The van der Waals surface area contributed by atoms with Crippen LogP contribution in [-0.4, -0.2) is 17.0 Å². The van der Waals surface area contributed by atoms with Gasteiger partial charge in [-0.3, -0.25) is 10.1 Å². The quantitative estimate of drug-likeness (QED) is 0.486. The molecule has 116 valence electrons. The summed E-state index contributed by atoms with van der Waals surface area (Å²) in [7, 11) is 0. The number of nitro benzene ring substituents is 1. The second-order valence-electron chi connectivity index (χ2n) is 6.90. The van der Waals surface area contributed by atoms with Crippen LogP contribution in [0, 0.1) is 33.8 Å². The largest absolute Gasteiger partial charge is 0.458 e. The average molecular weight is 301 g/mol. The highest BCUT2D eigenvalue weighted by atomic mass is 16.6. The normalized spacial score (nSPS) is 35.4. The Labute approximate surface area is 128 Å². The van der Waals surface area contributed by atoms with E-state index in [4.69, 9.17) is 4.74 Å². The molecule has 0 N–H and O–H groups in total. The standard InChI is InChI=1S/C17H19NO4/c19-17(10-4-6-12(7-5-10)18(20)21)22-16-9-11-8-15(16)14-3-1-2-13(11)14/h4-7,11,13-16H,1-3,8-9H2/t11-,13-,14+,15-,16+/m1/s1. The number of nitrogens with zero attached hydrogens (tertiary/aromatic N) is 1. The number of nitro groups is 1. The Bertz CT molecular complexity index is 612. The van der Waals surface area contributed by atoms with Gasteiger partial charge in [-0.2, -0.15) is 0 Å². The summed E-state index contributed by atoms with van der Waals surface area (Å²) < 4.78 is 5.73. The van der Waals surface area contributed by atoms with E-state index >= 15 is 0 Å². The lowest BCUT2D eigenvalue weighted by Crippen LogP contribution is -2.32. The molecule has 0 heterocycles. The SMILES string of the molecule is O=C(O[C@H]1C[C@H]2C[C@@H]1[C@H]1CCC[C@H]21)c1ccc([N+](=O)[O-])cc1. The van der Waals surface area contributed by atoms with E-state index in [-0.39, 0.29) is 17.8 Å². The van der Waals surface area contributed by atoms with Crippen molar-refractivity contribution in [1.29, 1.82) is 0 Å². The predicted molar refractivity (Wildman–Crippen MR) is 79.3 cm³/mol. The van der Waals surface area contributed by atoms with Gasteiger partial charge in [0.15, 0.2) is 0 Å². The van der Waals surface area contributed by atoms with Crippen LogP contribution in [-0.2, 0) is 4.74 Å². The fourth-order valence-electron chi connectivity index (χ4n) is 5.07. The van der Waals surface area contributed by atoms with Gasteiger partial charge in [0, 0.05) is 12.1 Å². The van der Waals surface area contributed by atoms with Gasteiger partial charge < -0.3 is 4.74 Å². The molecule has 1 aromatic carbocycles. The van der Waals surface area contributed by atoms with Crippen molar-refractivity contribution in [2.45, 2.75) is 38.2 Å². The van der Waals surface area contributed by atoms with Crippen LogP contribution in [0.4, 0.5) is 5.69 Å². The maximum atomic E-state index is 12.3. The molecule has 4 rings (SSSR count). The van der Waals surface area contributed by atoms with Crippen molar-refractivity contribution in [2.24, 2.45) is 23.7 Å². The molecule has 3 aliphatic carbocycles. The summed E-state index contributed by atoms with van der Waals surface area (Å²) in [5, 5.41) is 10.6. The fourth-order valence-corrected chi connectivity index (χ4v) is 5.07. The van der Waals surface area contributed by atoms with Crippen molar-refractivity contribution in [3.63, 3.8) is 0 Å². The number of fused-ring (bicyclic) bond motifs is 5. The molecule has 0 aromatic heterocycles. The molecule has 2 bridgehead atoms. The number of hydrogen-bond acceptors (Lipinski definition) is 4. The first-order valence-electron chi connectivity index (χ1n) is 8.09. The first-order chi connectivity index (χ1) is 10.6. The third kappa shape index (κ3) is 2.11. The smallest absolute Gasteiger partial charge is 0.338 e. The highest BCUT2D eigenvalue weighted by Crippen LogP contribution is 2.59. The zero-order chi connectivity index (χ0) is 15.3. The Morgan fingerprint density at radius 1 is 1.09 bits per heavy atom. The monoisotopic (exact) mass is 301 g/mol. The summed E-state index contributed by atoms with van der Waals surface area (Å²) in [5.74, 6) is 2.57. The van der Waals surface area contributed by atoms with E-state index in [2.05, 4.69) is 0 Å². The number of non-ortho nitro benzene ring substituents is 1. The molecule has 0 aliphatic heterocycles. The third-order valence-corrected chi connectivity index (χ3v) is 5.94. The lowest BCUT2D eigenvalue weighted by Gasteiger charge is -2.31. The van der Waals surface area contributed by atoms with Crippen LogP contribution in [0.1, 0.15) is 42.5 Å². The van der Waals surface area contributed by atoms with Gasteiger partial charge >= 0.3 is 5.97 Å². The maximum Gasteiger partial charge on any atom is 0.338 e. The van der Waals surface area contributed by atoms with Crippen LogP contribution in [0.2, 0.25) is 0 Å². The molecule has 22 heavy (non-hydrogen) atoms. The predicted octanol–water partition coefficient (Wildman–Crippen LogP) is 3.58. The molecule has 5 nitrogen and oxygen atoms in total. The van der Waals surface area contributed by atoms with E-state index in [1.807, 2.05) is 0 Å². The Hall–Kier alpha value is -1.91. The number of rotatable bonds is 3. The van der Waals surface area contributed by atoms with Crippen LogP contribution < -0.4 is 0 Å². The molecule has 0 spiro atoms. The van der Waals surface area contributed by atoms with Gasteiger partial charge in [0.2, 0.25) is 0 Å². The third-order valence-electron chi connectivity index (χ3n) is 5.94. The molecule has 1 aromatic rings. The molecule has 0 saturated heterocycles. The van der Waals surface area contributed by atoms with Gasteiger partial charge in [-0.15, -0.1) is 0 Å². The van der Waals surface area contributed by atoms with E-state index in [9.17, 15) is 14.9 Å². The second-order valence-corrected chi connectivity index (χ2v) is 6.90. The van der Waals surface area contributed by atoms with E-state index in [0.29, 0.717) is 11.5 Å². The van der Waals surface area contributed by atoms with Gasteiger partial charge in [0.05, 0.1) is 10.5 Å². The average Bonchev–Trinajstić information content (AvgIpc) is 3.19. The van der Waals surface area contributed by atoms with Gasteiger partial charge in [0.25, 0.3) is 5.69 Å². The van der Waals surface area contributed by atoms with Crippen molar-refractivity contribution in [3.05, 3.63) is 39.9 Å². The number of carbonyl (C=O) groups excluding carboxylic acids is 1. The Morgan fingerprint density at radius 2 is 1.82 bits per heavy atom. The van der Waals surface area contributed by atoms with Gasteiger partial charge in [0.1, 0.15) is 6.10 Å². The number of esters is 1. The van der Waals surface area contributed by atoms with Crippen LogP contribution >= 0.6 is 0 Å². The van der Waals surface area contributed by atoms with E-state index < -0.39 is 4.92 Å². The molecule has 5 atom stereocenters. The van der Waals surface area contributed by atoms with Crippen LogP contribution in [0.5, 0.6) is 0 Å². The minimum Gasteiger partial charge on any atom is -0.458 e. The lowest BCUT2D eigenvalue weighted by atomic mass is 9.80. The topological polar surface area (TPSA) is 69.4 Å². The van der Waals surface area contributed by atoms with Crippen molar-refractivity contribution < 1.29 is 14.5 Å². The Morgan fingerprint density at radius 3 is 2.55 bits per heavy atom. The summed E-state index contributed by atoms with van der Waals surface area (Å²) in [6.07, 6.45) is 6.24. The summed E-state index contributed by atoms with van der Waals surface area (Å²) in [6, 6.07) is 5.66. The highest BCUT2D eigenvalue weighted by molar-refractivity contribution is 5.89. The van der Waals surface area contributed by atoms with Crippen molar-refractivity contribution in [1.82, 2.24) is 0 Å². The number of carbonyl (C=O) groups is 1. The van der Waals surface area contributed by atoms with E-state index in [1.54, 1.807) is 0 Å². The van der Waals surface area contributed by atoms with Gasteiger partial charge in [-0.05, 0) is 61.5 Å². The molecule has 0 radical (unpaired) electrons. The summed E-state index contributed by atoms with van der Waals surface area (Å²) in [5.41, 5.74) is 0.390. The first kappa shape index (κ1) is 13.7. The molecule has 3 fully saturated rings. The first-order valence-corrected chi connectivity index (χ1v) is 8.09. The minimum atomic E-state index is -0.467. The molecular formula is C17H19NO4. The van der Waals surface area contributed by atoms with E-state index in [1.165, 1.54) is 49.9 Å². The van der Waals surface area contributed by atoms with Crippen molar-refractivity contribution in [2.75, 3.05) is 0 Å². The summed E-state index contributed by atoms with van der Waals surface area (Å²) in [6.45, 7) is 0. The number of hydrogen-bond donors (Lipinski definition) is 0. The molecule has 0 unspecified atom stereocenters. The molecule has 3 saturated carbocycles. The maximum absolute atomic E-state index is 12.3. The van der Waals surface area contributed by atoms with Crippen LogP contribution in [0.3, 0.4) is 0 Å². The second kappa shape index (κ2) is 5.07. The highest BCUT2D eigenvalue weighted by Gasteiger charge is 2.55. The molecule has 5 heteroatoms. The van der Waals surface area contributed by atoms with Gasteiger partial charge in [-0.1, -0.05) is 6.42 Å². The molecule has 3 aliphatic rings. The minimum absolute atomic E-state index is 0.00901. The lowest BCUT2D eigenvalue weighted by molar-refractivity contribution is -0.384. The molecule has 0 amide bonds. The fraction of sp³-hybridized carbons (Fsp3) is 0.588. The zero-order valence-electron chi connectivity index (χ0n) is 12.3. The van der Waals surface area contributed by atoms with Gasteiger partial charge in [-0.25, -0.2) is 4.79 Å². The number of benzene rings is 1. The van der Waals surface area contributed by atoms with Crippen molar-refractivity contribution >= 4 is 11.7 Å². The zero-order valence-corrected chi connectivity index (χ0v) is 12.3. The van der Waals surface area contributed by atoms with Crippen LogP contribution in [0.25, 0.3) is 0 Å². The van der Waals surface area contributed by atoms with E-state index in [0.717, 1.165) is 24.2 Å². The molecular weight excluding hydrogens is 282 g/mol. The Kier molecular flexibility index (Phi) is 3.17.